The van der Waals surface area contributed by atoms with Crippen LogP contribution in [0.15, 0.2) is 18.2 Å². The molecule has 0 heterocycles. The monoisotopic (exact) mass is 263 g/mol. The molecule has 0 amide bonds. The van der Waals surface area contributed by atoms with Gasteiger partial charge in [0.05, 0.1) is 0 Å². The van der Waals surface area contributed by atoms with Crippen molar-refractivity contribution in [3.63, 3.8) is 0 Å². The highest BCUT2D eigenvalue weighted by Crippen LogP contribution is 2.29. The van der Waals surface area contributed by atoms with Crippen molar-refractivity contribution < 1.29 is 13.2 Å². The second-order valence-electron chi connectivity index (χ2n) is 3.72. The smallest absolute Gasteiger partial charge is 0.384 e. The Kier molecular flexibility index (Phi) is 5.18. The van der Waals surface area contributed by atoms with Crippen LogP contribution in [0.5, 0.6) is 0 Å². The molecule has 0 fully saturated rings. The molecule has 0 radical (unpaired) electrons. The maximum Gasteiger partial charge on any atom is 0.441 e. The number of hydrogen-bond donors (Lipinski definition) is 1. The second kappa shape index (κ2) is 6.19. The summed E-state index contributed by atoms with van der Waals surface area (Å²) < 4.78 is 35.6. The van der Waals surface area contributed by atoms with Gasteiger partial charge in [0, 0.05) is 18.0 Å². The molecule has 0 saturated heterocycles. The first-order valence-corrected chi connectivity index (χ1v) is 6.45. The zero-order chi connectivity index (χ0) is 12.9. The summed E-state index contributed by atoms with van der Waals surface area (Å²) >= 11 is 0.00217. The van der Waals surface area contributed by atoms with E-state index in [9.17, 15) is 13.2 Å². The van der Waals surface area contributed by atoms with Crippen LogP contribution >= 0.6 is 11.8 Å². The molecule has 1 N–H and O–H groups in total. The molecule has 1 rings (SSSR count). The SMILES string of the molecule is CCc1ccc(NCCSC(F)(F)F)cc1C. The first-order valence-electron chi connectivity index (χ1n) is 5.46. The fraction of sp³-hybridized carbons (Fsp3) is 0.500. The van der Waals surface area contributed by atoms with E-state index < -0.39 is 5.51 Å². The molecule has 0 unspecified atom stereocenters. The number of thioether (sulfide) groups is 1. The van der Waals surface area contributed by atoms with E-state index in [1.165, 1.54) is 11.1 Å². The van der Waals surface area contributed by atoms with E-state index in [1.54, 1.807) is 0 Å². The highest BCUT2D eigenvalue weighted by Gasteiger charge is 2.27. The number of rotatable bonds is 5. The van der Waals surface area contributed by atoms with Crippen molar-refractivity contribution in [2.24, 2.45) is 0 Å². The molecule has 0 spiro atoms. The van der Waals surface area contributed by atoms with Crippen LogP contribution in [-0.4, -0.2) is 17.8 Å². The number of hydrogen-bond acceptors (Lipinski definition) is 2. The summed E-state index contributed by atoms with van der Waals surface area (Å²) in [4.78, 5) is 0. The molecule has 17 heavy (non-hydrogen) atoms. The van der Waals surface area contributed by atoms with Gasteiger partial charge in [-0.05, 0) is 48.4 Å². The maximum absolute atomic E-state index is 11.9. The Morgan fingerprint density at radius 1 is 1.29 bits per heavy atom. The van der Waals surface area contributed by atoms with Gasteiger partial charge >= 0.3 is 5.51 Å². The number of benzene rings is 1. The number of anilines is 1. The maximum atomic E-state index is 11.9. The fourth-order valence-corrected chi connectivity index (χ4v) is 2.00. The zero-order valence-electron chi connectivity index (χ0n) is 9.90. The molecule has 0 aliphatic heterocycles. The summed E-state index contributed by atoms with van der Waals surface area (Å²) in [6, 6.07) is 5.88. The van der Waals surface area contributed by atoms with Crippen LogP contribution in [0.25, 0.3) is 0 Å². The fourth-order valence-electron chi connectivity index (χ4n) is 1.56. The molecule has 0 bridgehead atoms. The minimum absolute atomic E-state index is 0.00217. The number of nitrogens with one attached hydrogen (secondary N) is 1. The first-order chi connectivity index (χ1) is 7.92. The second-order valence-corrected chi connectivity index (χ2v) is 4.88. The Morgan fingerprint density at radius 2 is 2.00 bits per heavy atom. The van der Waals surface area contributed by atoms with Crippen molar-refractivity contribution in [2.45, 2.75) is 25.8 Å². The summed E-state index contributed by atoms with van der Waals surface area (Å²) in [5.74, 6) is 0.0259. The van der Waals surface area contributed by atoms with Crippen LogP contribution in [-0.2, 0) is 6.42 Å². The zero-order valence-corrected chi connectivity index (χ0v) is 10.7. The lowest BCUT2D eigenvalue weighted by Crippen LogP contribution is -2.09. The normalized spacial score (nSPS) is 11.6. The Bertz CT molecular complexity index is 363. The third kappa shape index (κ3) is 5.35. The molecule has 96 valence electrons. The first kappa shape index (κ1) is 14.2. The van der Waals surface area contributed by atoms with Gasteiger partial charge in [-0.25, -0.2) is 0 Å². The van der Waals surface area contributed by atoms with Crippen molar-refractivity contribution >= 4 is 17.4 Å². The molecule has 0 atom stereocenters. The molecule has 5 heteroatoms. The molecule has 0 aromatic heterocycles. The van der Waals surface area contributed by atoms with Crippen molar-refractivity contribution in [3.8, 4) is 0 Å². The van der Waals surface area contributed by atoms with Gasteiger partial charge in [0.2, 0.25) is 0 Å². The lowest BCUT2D eigenvalue weighted by atomic mass is 10.1. The Labute approximate surface area is 104 Å². The van der Waals surface area contributed by atoms with E-state index >= 15 is 0 Å². The molecule has 0 aliphatic carbocycles. The average molecular weight is 263 g/mol. The average Bonchev–Trinajstić information content (AvgIpc) is 2.23. The Morgan fingerprint density at radius 3 is 2.53 bits per heavy atom. The largest absolute Gasteiger partial charge is 0.441 e. The molecule has 1 aromatic carbocycles. The van der Waals surface area contributed by atoms with Gasteiger partial charge < -0.3 is 5.32 Å². The minimum atomic E-state index is -4.14. The van der Waals surface area contributed by atoms with E-state index in [0.29, 0.717) is 6.54 Å². The summed E-state index contributed by atoms with van der Waals surface area (Å²) in [5, 5.41) is 2.99. The number of halogens is 3. The van der Waals surface area contributed by atoms with Crippen molar-refractivity contribution in [2.75, 3.05) is 17.6 Å². The lowest BCUT2D eigenvalue weighted by molar-refractivity contribution is -0.0327. The van der Waals surface area contributed by atoms with E-state index in [1.807, 2.05) is 25.1 Å². The van der Waals surface area contributed by atoms with E-state index in [2.05, 4.69) is 12.2 Å². The third-order valence-electron chi connectivity index (χ3n) is 2.42. The predicted octanol–water partition coefficient (Wildman–Crippen LogP) is 4.22. The molecule has 1 aromatic rings. The van der Waals surface area contributed by atoms with Crippen LogP contribution in [0.2, 0.25) is 0 Å². The van der Waals surface area contributed by atoms with Gasteiger partial charge in [-0.1, -0.05) is 13.0 Å². The number of alkyl halides is 3. The highest BCUT2D eigenvalue weighted by atomic mass is 32.2. The Hall–Kier alpha value is -0.840. The molecular weight excluding hydrogens is 247 g/mol. The van der Waals surface area contributed by atoms with Crippen LogP contribution in [0.1, 0.15) is 18.1 Å². The summed E-state index contributed by atoms with van der Waals surface area (Å²) in [6.07, 6.45) is 0.968. The predicted molar refractivity (Wildman–Crippen MR) is 67.6 cm³/mol. The highest BCUT2D eigenvalue weighted by molar-refractivity contribution is 8.00. The van der Waals surface area contributed by atoms with Gasteiger partial charge in [-0.3, -0.25) is 0 Å². The third-order valence-corrected chi connectivity index (χ3v) is 3.16. The van der Waals surface area contributed by atoms with Gasteiger partial charge in [-0.15, -0.1) is 0 Å². The van der Waals surface area contributed by atoms with Crippen LogP contribution in [0, 0.1) is 6.92 Å². The van der Waals surface area contributed by atoms with Gasteiger partial charge in [-0.2, -0.15) is 13.2 Å². The van der Waals surface area contributed by atoms with Crippen LogP contribution in [0.3, 0.4) is 0 Å². The Balaban J connectivity index is 2.40. The van der Waals surface area contributed by atoms with E-state index in [4.69, 9.17) is 0 Å². The summed E-state index contributed by atoms with van der Waals surface area (Å²) in [5.41, 5.74) is -0.826. The summed E-state index contributed by atoms with van der Waals surface area (Å²) in [6.45, 7) is 4.40. The van der Waals surface area contributed by atoms with Crippen molar-refractivity contribution in [1.82, 2.24) is 0 Å². The van der Waals surface area contributed by atoms with Gasteiger partial charge in [0.1, 0.15) is 0 Å². The van der Waals surface area contributed by atoms with Crippen LogP contribution < -0.4 is 5.32 Å². The molecule has 0 aliphatic rings. The van der Waals surface area contributed by atoms with Crippen molar-refractivity contribution in [1.29, 1.82) is 0 Å². The van der Waals surface area contributed by atoms with Gasteiger partial charge in [0.25, 0.3) is 0 Å². The number of aryl methyl sites for hydroxylation is 2. The van der Waals surface area contributed by atoms with E-state index in [0.717, 1.165) is 12.1 Å². The van der Waals surface area contributed by atoms with E-state index in [-0.39, 0.29) is 17.5 Å². The minimum Gasteiger partial charge on any atom is -0.384 e. The van der Waals surface area contributed by atoms with Gasteiger partial charge in [0.15, 0.2) is 0 Å². The quantitative estimate of drug-likeness (QED) is 0.798. The molecule has 1 nitrogen and oxygen atoms in total. The lowest BCUT2D eigenvalue weighted by Gasteiger charge is -2.10. The summed E-state index contributed by atoms with van der Waals surface area (Å²) in [7, 11) is 0. The topological polar surface area (TPSA) is 12.0 Å². The van der Waals surface area contributed by atoms with Crippen molar-refractivity contribution in [3.05, 3.63) is 29.3 Å². The molecular formula is C12H16F3NS. The molecule has 0 saturated carbocycles. The van der Waals surface area contributed by atoms with Crippen LogP contribution in [0.4, 0.5) is 18.9 Å². The standard InChI is InChI=1S/C12H16F3NS/c1-3-10-4-5-11(8-9(10)2)16-6-7-17-12(13,14)15/h4-5,8,16H,3,6-7H2,1-2H3.